The molecule has 0 saturated carbocycles. The van der Waals surface area contributed by atoms with E-state index >= 15 is 0 Å². The number of carbonyl (C=O) groups is 2. The first-order valence-electron chi connectivity index (χ1n) is 8.60. The van der Waals surface area contributed by atoms with Crippen LogP contribution in [0.4, 0.5) is 18.9 Å². The number of halogens is 3. The Balaban J connectivity index is 1.61. The molecule has 0 fully saturated rings. The Kier molecular flexibility index (Phi) is 4.40. The summed E-state index contributed by atoms with van der Waals surface area (Å²) >= 11 is 0. The van der Waals surface area contributed by atoms with Crippen molar-refractivity contribution in [2.24, 2.45) is 0 Å². The van der Waals surface area contributed by atoms with Gasteiger partial charge in [0.2, 0.25) is 0 Å². The van der Waals surface area contributed by atoms with Crippen LogP contribution in [0, 0.1) is 0 Å². The number of para-hydroxylation sites is 2. The van der Waals surface area contributed by atoms with Crippen LogP contribution in [-0.4, -0.2) is 40.9 Å². The normalized spacial score (nSPS) is 16.9. The van der Waals surface area contributed by atoms with Gasteiger partial charge in [-0.15, -0.1) is 0 Å². The molecule has 0 bridgehead atoms. The summed E-state index contributed by atoms with van der Waals surface area (Å²) in [5.74, 6) is -0.696. The molecule has 3 heterocycles. The second-order valence-corrected chi connectivity index (χ2v) is 6.50. The van der Waals surface area contributed by atoms with E-state index in [1.807, 2.05) is 0 Å². The maximum atomic E-state index is 13.0. The number of nitrogens with zero attached hydrogens (tertiary/aromatic N) is 3. The molecule has 7 nitrogen and oxygen atoms in total. The Bertz CT molecular complexity index is 1110. The quantitative estimate of drug-likeness (QED) is 0.712. The summed E-state index contributed by atoms with van der Waals surface area (Å²) in [6.45, 7) is -0.120. The maximum Gasteiger partial charge on any atom is 0.416 e. The summed E-state index contributed by atoms with van der Waals surface area (Å²) in [6, 6.07) is 7.62. The zero-order chi connectivity index (χ0) is 20.8. The van der Waals surface area contributed by atoms with Crippen LogP contribution >= 0.6 is 0 Å². The number of nitrogens with one attached hydrogen (secondary N) is 1. The molecule has 29 heavy (non-hydrogen) atoms. The molecule has 0 radical (unpaired) electrons. The summed E-state index contributed by atoms with van der Waals surface area (Å²) in [5.41, 5.74) is -0.579. The van der Waals surface area contributed by atoms with Crippen molar-refractivity contribution in [2.75, 3.05) is 18.6 Å². The summed E-state index contributed by atoms with van der Waals surface area (Å²) in [6.07, 6.45) is -2.15. The third-order valence-corrected chi connectivity index (χ3v) is 4.65. The van der Waals surface area contributed by atoms with Crippen LogP contribution in [0.15, 0.2) is 48.9 Å². The number of anilines is 1. The largest absolute Gasteiger partial charge is 0.489 e. The number of amides is 2. The van der Waals surface area contributed by atoms with Crippen molar-refractivity contribution in [3.63, 3.8) is 0 Å². The van der Waals surface area contributed by atoms with E-state index in [-0.39, 0.29) is 17.8 Å². The molecular weight excluding hydrogens is 389 g/mol. The number of aromatic nitrogens is 2. The van der Waals surface area contributed by atoms with Crippen LogP contribution in [0.3, 0.4) is 0 Å². The summed E-state index contributed by atoms with van der Waals surface area (Å²) in [7, 11) is 1.55. The van der Waals surface area contributed by atoms with Gasteiger partial charge in [0.05, 0.1) is 16.8 Å². The van der Waals surface area contributed by atoms with E-state index in [2.05, 4.69) is 10.3 Å². The van der Waals surface area contributed by atoms with Crippen molar-refractivity contribution in [1.82, 2.24) is 14.7 Å². The van der Waals surface area contributed by atoms with Gasteiger partial charge in [-0.1, -0.05) is 12.1 Å². The van der Waals surface area contributed by atoms with E-state index in [0.717, 1.165) is 12.1 Å². The number of hydrogen-bond acceptors (Lipinski definition) is 4. The average Bonchev–Trinajstić information content (AvgIpc) is 3.08. The Morgan fingerprint density at radius 3 is 2.79 bits per heavy atom. The lowest BCUT2D eigenvalue weighted by molar-refractivity contribution is -0.137. The van der Waals surface area contributed by atoms with Crippen LogP contribution in [0.2, 0.25) is 0 Å². The minimum absolute atomic E-state index is 0.0176. The zero-order valence-electron chi connectivity index (χ0n) is 15.1. The molecule has 4 rings (SSSR count). The van der Waals surface area contributed by atoms with Gasteiger partial charge in [0.15, 0.2) is 5.69 Å². The average molecular weight is 404 g/mol. The van der Waals surface area contributed by atoms with E-state index in [1.54, 1.807) is 31.3 Å². The van der Waals surface area contributed by atoms with Gasteiger partial charge in [0.1, 0.15) is 24.7 Å². The molecule has 2 aromatic heterocycles. The van der Waals surface area contributed by atoms with Crippen molar-refractivity contribution in [2.45, 2.75) is 12.2 Å². The third kappa shape index (κ3) is 3.37. The first-order valence-corrected chi connectivity index (χ1v) is 8.60. The Morgan fingerprint density at radius 2 is 2.03 bits per heavy atom. The number of benzene rings is 1. The van der Waals surface area contributed by atoms with E-state index in [9.17, 15) is 22.8 Å². The van der Waals surface area contributed by atoms with E-state index in [1.165, 1.54) is 21.8 Å². The number of imidazole rings is 1. The summed E-state index contributed by atoms with van der Waals surface area (Å²) in [4.78, 5) is 30.7. The fourth-order valence-corrected chi connectivity index (χ4v) is 3.12. The first-order chi connectivity index (χ1) is 13.8. The second-order valence-electron chi connectivity index (χ2n) is 6.50. The van der Waals surface area contributed by atoms with Gasteiger partial charge in [0.25, 0.3) is 11.8 Å². The number of hydrogen-bond donors (Lipinski definition) is 1. The van der Waals surface area contributed by atoms with Crippen LogP contribution < -0.4 is 15.0 Å². The van der Waals surface area contributed by atoms with Crippen LogP contribution in [0.25, 0.3) is 5.52 Å². The monoisotopic (exact) mass is 404 g/mol. The standard InChI is InChI=1S/C19H15F3N4O3/c1-25-13-4-2-3-5-15(13)29-9-12(18(25)28)24-17(27)16-14-8-11(19(20,21)22)6-7-26(14)10-23-16/h2-8,10,12H,9H2,1H3,(H,24,27). The number of carbonyl (C=O) groups excluding carboxylic acids is 2. The van der Waals surface area contributed by atoms with Crippen molar-refractivity contribution >= 4 is 23.0 Å². The van der Waals surface area contributed by atoms with Crippen molar-refractivity contribution < 1.29 is 27.5 Å². The number of fused-ring (bicyclic) bond motifs is 2. The van der Waals surface area contributed by atoms with Gasteiger partial charge in [-0.05, 0) is 24.3 Å². The molecule has 1 aliphatic heterocycles. The predicted molar refractivity (Wildman–Crippen MR) is 96.8 cm³/mol. The zero-order valence-corrected chi connectivity index (χ0v) is 15.1. The van der Waals surface area contributed by atoms with Gasteiger partial charge in [-0.25, -0.2) is 4.98 Å². The molecule has 1 aliphatic rings. The van der Waals surface area contributed by atoms with Crippen molar-refractivity contribution in [1.29, 1.82) is 0 Å². The molecule has 1 unspecified atom stereocenters. The third-order valence-electron chi connectivity index (χ3n) is 4.65. The van der Waals surface area contributed by atoms with Crippen LogP contribution in [0.1, 0.15) is 16.1 Å². The fraction of sp³-hybridized carbons (Fsp3) is 0.211. The highest BCUT2D eigenvalue weighted by atomic mass is 19.4. The minimum Gasteiger partial charge on any atom is -0.489 e. The molecule has 150 valence electrons. The minimum atomic E-state index is -4.56. The van der Waals surface area contributed by atoms with Crippen molar-refractivity contribution in [3.05, 3.63) is 60.2 Å². The van der Waals surface area contributed by atoms with Gasteiger partial charge >= 0.3 is 6.18 Å². The lowest BCUT2D eigenvalue weighted by atomic mass is 10.2. The predicted octanol–water partition coefficient (Wildman–Crippen LogP) is 2.51. The van der Waals surface area contributed by atoms with Crippen LogP contribution in [-0.2, 0) is 11.0 Å². The molecule has 1 aromatic carbocycles. The van der Waals surface area contributed by atoms with E-state index in [4.69, 9.17) is 4.74 Å². The molecule has 0 spiro atoms. The molecule has 1 atom stereocenters. The fourth-order valence-electron chi connectivity index (χ4n) is 3.12. The van der Waals surface area contributed by atoms with Gasteiger partial charge in [-0.3, -0.25) is 9.59 Å². The summed E-state index contributed by atoms with van der Waals surface area (Å²) < 4.78 is 45.9. The number of rotatable bonds is 2. The highest BCUT2D eigenvalue weighted by Gasteiger charge is 2.33. The van der Waals surface area contributed by atoms with Crippen LogP contribution in [0.5, 0.6) is 5.75 Å². The topological polar surface area (TPSA) is 75.9 Å². The Hall–Kier alpha value is -3.56. The van der Waals surface area contributed by atoms with Gasteiger partial charge in [-0.2, -0.15) is 13.2 Å². The number of likely N-dealkylation sites (N-methyl/N-ethyl adjacent to an activating group) is 1. The summed E-state index contributed by atoms with van der Waals surface area (Å²) in [5, 5.41) is 2.51. The van der Waals surface area contributed by atoms with E-state index < -0.39 is 29.6 Å². The Labute approximate surface area is 162 Å². The second kappa shape index (κ2) is 6.80. The number of pyridine rings is 1. The van der Waals surface area contributed by atoms with Crippen molar-refractivity contribution in [3.8, 4) is 5.75 Å². The number of ether oxygens (including phenoxy) is 1. The van der Waals surface area contributed by atoms with E-state index in [0.29, 0.717) is 11.4 Å². The molecule has 3 aromatic rings. The molecule has 0 aliphatic carbocycles. The van der Waals surface area contributed by atoms with Gasteiger partial charge in [0, 0.05) is 13.2 Å². The molecule has 0 saturated heterocycles. The smallest absolute Gasteiger partial charge is 0.416 e. The van der Waals surface area contributed by atoms with Gasteiger partial charge < -0.3 is 19.4 Å². The highest BCUT2D eigenvalue weighted by molar-refractivity contribution is 6.05. The SMILES string of the molecule is CN1C(=O)C(NC(=O)c2ncn3ccc(C(F)(F)F)cc23)COc2ccccc21. The maximum absolute atomic E-state index is 13.0. The lowest BCUT2D eigenvalue weighted by Crippen LogP contribution is -2.49. The first kappa shape index (κ1) is 18.8. The molecular formula is C19H15F3N4O3. The lowest BCUT2D eigenvalue weighted by Gasteiger charge is -2.20. The number of alkyl halides is 3. The molecule has 1 N–H and O–H groups in total. The molecule has 10 heteroatoms. The highest BCUT2D eigenvalue weighted by Crippen LogP contribution is 2.31. The Morgan fingerprint density at radius 1 is 1.28 bits per heavy atom. The molecule has 2 amide bonds.